The molecule has 0 aliphatic carbocycles. The molecule has 0 spiro atoms. The molecule has 1 aliphatic heterocycles. The summed E-state index contributed by atoms with van der Waals surface area (Å²) in [6, 6.07) is 9.28. The highest BCUT2D eigenvalue weighted by Crippen LogP contribution is 2.18. The second-order valence-electron chi connectivity index (χ2n) is 5.70. The fraction of sp³-hybridized carbons (Fsp3) is 0.625. The highest BCUT2D eigenvalue weighted by Gasteiger charge is 2.25. The van der Waals surface area contributed by atoms with Crippen molar-refractivity contribution in [3.8, 4) is 0 Å². The van der Waals surface area contributed by atoms with E-state index in [1.165, 1.54) is 17.5 Å². The zero-order valence-electron chi connectivity index (χ0n) is 12.4. The van der Waals surface area contributed by atoms with Crippen molar-refractivity contribution in [2.75, 3.05) is 33.9 Å². The minimum absolute atomic E-state index is 0.525. The van der Waals surface area contributed by atoms with Crippen LogP contribution in [0, 0.1) is 12.8 Å². The zero-order chi connectivity index (χ0) is 13.7. The van der Waals surface area contributed by atoms with Crippen molar-refractivity contribution in [2.45, 2.75) is 25.9 Å². The number of aryl methyl sites for hydroxylation is 1. The number of benzene rings is 1. The van der Waals surface area contributed by atoms with Gasteiger partial charge in [-0.1, -0.05) is 29.8 Å². The number of hydrogen-bond acceptors (Lipinski definition) is 3. The molecule has 0 saturated carbocycles. The van der Waals surface area contributed by atoms with E-state index in [4.69, 9.17) is 4.74 Å². The quantitative estimate of drug-likeness (QED) is 0.849. The summed E-state index contributed by atoms with van der Waals surface area (Å²) in [7, 11) is 4.26. The van der Waals surface area contributed by atoms with Crippen LogP contribution in [0.1, 0.15) is 17.5 Å². The van der Waals surface area contributed by atoms with Crippen molar-refractivity contribution in [2.24, 2.45) is 5.92 Å². The lowest BCUT2D eigenvalue weighted by Crippen LogP contribution is -2.43. The monoisotopic (exact) mass is 262 g/mol. The van der Waals surface area contributed by atoms with Gasteiger partial charge < -0.3 is 15.0 Å². The van der Waals surface area contributed by atoms with E-state index in [0.29, 0.717) is 12.0 Å². The molecule has 1 heterocycles. The Kier molecular flexibility index (Phi) is 5.37. The largest absolute Gasteiger partial charge is 0.381 e. The Morgan fingerprint density at radius 2 is 2.32 bits per heavy atom. The number of ether oxygens (including phenoxy) is 1. The van der Waals surface area contributed by atoms with Gasteiger partial charge in [-0.15, -0.1) is 0 Å². The molecule has 1 aliphatic rings. The number of likely N-dealkylation sites (N-methyl/N-ethyl adjacent to an activating group) is 2. The van der Waals surface area contributed by atoms with Gasteiger partial charge in [0.15, 0.2) is 0 Å². The lowest BCUT2D eigenvalue weighted by atomic mass is 9.98. The van der Waals surface area contributed by atoms with Crippen molar-refractivity contribution in [1.82, 2.24) is 10.2 Å². The van der Waals surface area contributed by atoms with Crippen LogP contribution in [0.4, 0.5) is 0 Å². The standard InChI is InChI=1S/C16H26N2O/c1-13-5-4-6-14(9-13)10-18(3)11-16(17-2)15-7-8-19-12-15/h4-6,9,15-17H,7-8,10-12H2,1-3H3. The Morgan fingerprint density at radius 1 is 1.47 bits per heavy atom. The Hall–Kier alpha value is -0.900. The molecule has 0 amide bonds. The van der Waals surface area contributed by atoms with E-state index in [1.807, 2.05) is 0 Å². The Balaban J connectivity index is 1.87. The van der Waals surface area contributed by atoms with E-state index in [9.17, 15) is 0 Å². The topological polar surface area (TPSA) is 24.5 Å². The molecule has 3 heteroatoms. The molecule has 0 aromatic heterocycles. The van der Waals surface area contributed by atoms with Crippen molar-refractivity contribution in [3.63, 3.8) is 0 Å². The fourth-order valence-corrected chi connectivity index (χ4v) is 2.87. The fourth-order valence-electron chi connectivity index (χ4n) is 2.87. The summed E-state index contributed by atoms with van der Waals surface area (Å²) in [6.07, 6.45) is 1.18. The maximum absolute atomic E-state index is 5.50. The predicted molar refractivity (Wildman–Crippen MR) is 79.3 cm³/mol. The summed E-state index contributed by atoms with van der Waals surface area (Å²) in [5.41, 5.74) is 2.72. The minimum Gasteiger partial charge on any atom is -0.381 e. The first kappa shape index (κ1) is 14.5. The Bertz CT molecular complexity index is 388. The molecule has 19 heavy (non-hydrogen) atoms. The van der Waals surface area contributed by atoms with Crippen molar-refractivity contribution in [3.05, 3.63) is 35.4 Å². The molecule has 1 aromatic carbocycles. The summed E-state index contributed by atoms with van der Waals surface area (Å²) in [5.74, 6) is 0.657. The van der Waals surface area contributed by atoms with Crippen LogP contribution in [-0.4, -0.2) is 44.8 Å². The van der Waals surface area contributed by atoms with E-state index in [0.717, 1.165) is 26.3 Å². The zero-order valence-corrected chi connectivity index (χ0v) is 12.4. The molecule has 1 fully saturated rings. The Morgan fingerprint density at radius 3 is 2.95 bits per heavy atom. The van der Waals surface area contributed by atoms with E-state index in [2.05, 4.69) is 55.5 Å². The molecule has 0 radical (unpaired) electrons. The van der Waals surface area contributed by atoms with Crippen LogP contribution in [0.3, 0.4) is 0 Å². The van der Waals surface area contributed by atoms with Gasteiger partial charge in [0.25, 0.3) is 0 Å². The molecule has 2 atom stereocenters. The number of nitrogens with zero attached hydrogens (tertiary/aromatic N) is 1. The molecular formula is C16H26N2O. The van der Waals surface area contributed by atoms with Gasteiger partial charge >= 0.3 is 0 Å². The van der Waals surface area contributed by atoms with E-state index in [-0.39, 0.29) is 0 Å². The average molecular weight is 262 g/mol. The van der Waals surface area contributed by atoms with Crippen LogP contribution in [-0.2, 0) is 11.3 Å². The van der Waals surface area contributed by atoms with Gasteiger partial charge in [0.1, 0.15) is 0 Å². The highest BCUT2D eigenvalue weighted by atomic mass is 16.5. The SMILES string of the molecule is CNC(CN(C)Cc1cccc(C)c1)C1CCOC1. The number of nitrogens with one attached hydrogen (secondary N) is 1. The molecule has 0 bridgehead atoms. The van der Waals surface area contributed by atoms with Crippen molar-refractivity contribution >= 4 is 0 Å². The first-order valence-electron chi connectivity index (χ1n) is 7.18. The smallest absolute Gasteiger partial charge is 0.0510 e. The summed E-state index contributed by atoms with van der Waals surface area (Å²) >= 11 is 0. The minimum atomic E-state index is 0.525. The average Bonchev–Trinajstić information content (AvgIpc) is 2.89. The van der Waals surface area contributed by atoms with Crippen LogP contribution >= 0.6 is 0 Å². The third-order valence-corrected chi connectivity index (χ3v) is 3.95. The highest BCUT2D eigenvalue weighted by molar-refractivity contribution is 5.22. The third kappa shape index (κ3) is 4.30. The molecule has 1 N–H and O–H groups in total. The van der Waals surface area contributed by atoms with Crippen LogP contribution in [0.15, 0.2) is 24.3 Å². The molecule has 1 saturated heterocycles. The summed E-state index contributed by atoms with van der Waals surface area (Å²) < 4.78 is 5.50. The molecule has 3 nitrogen and oxygen atoms in total. The van der Waals surface area contributed by atoms with Gasteiger partial charge in [-0.05, 0) is 33.0 Å². The van der Waals surface area contributed by atoms with Gasteiger partial charge in [0.05, 0.1) is 6.61 Å². The van der Waals surface area contributed by atoms with Crippen LogP contribution in [0.5, 0.6) is 0 Å². The predicted octanol–water partition coefficient (Wildman–Crippen LogP) is 2.05. The van der Waals surface area contributed by atoms with Crippen LogP contribution in [0.2, 0.25) is 0 Å². The Labute approximate surface area is 116 Å². The first-order chi connectivity index (χ1) is 9.19. The van der Waals surface area contributed by atoms with Gasteiger partial charge in [0, 0.05) is 31.7 Å². The van der Waals surface area contributed by atoms with E-state index < -0.39 is 0 Å². The molecule has 2 unspecified atom stereocenters. The van der Waals surface area contributed by atoms with Crippen LogP contribution < -0.4 is 5.32 Å². The van der Waals surface area contributed by atoms with Crippen molar-refractivity contribution < 1.29 is 4.74 Å². The molecule has 106 valence electrons. The second kappa shape index (κ2) is 7.04. The van der Waals surface area contributed by atoms with Crippen molar-refractivity contribution in [1.29, 1.82) is 0 Å². The normalized spacial score (nSPS) is 20.9. The molecular weight excluding hydrogens is 236 g/mol. The maximum Gasteiger partial charge on any atom is 0.0510 e. The summed E-state index contributed by atoms with van der Waals surface area (Å²) in [5, 5.41) is 3.45. The first-order valence-corrected chi connectivity index (χ1v) is 7.18. The molecule has 1 aromatic rings. The second-order valence-corrected chi connectivity index (χ2v) is 5.70. The van der Waals surface area contributed by atoms with Gasteiger partial charge in [-0.3, -0.25) is 0 Å². The van der Waals surface area contributed by atoms with Gasteiger partial charge in [-0.25, -0.2) is 0 Å². The van der Waals surface area contributed by atoms with Gasteiger partial charge in [0.2, 0.25) is 0 Å². The van der Waals surface area contributed by atoms with E-state index >= 15 is 0 Å². The van der Waals surface area contributed by atoms with Crippen LogP contribution in [0.25, 0.3) is 0 Å². The van der Waals surface area contributed by atoms with Gasteiger partial charge in [-0.2, -0.15) is 0 Å². The molecule has 2 rings (SSSR count). The number of hydrogen-bond donors (Lipinski definition) is 1. The lowest BCUT2D eigenvalue weighted by Gasteiger charge is -2.27. The summed E-state index contributed by atoms with van der Waals surface area (Å²) in [4.78, 5) is 2.40. The maximum atomic E-state index is 5.50. The third-order valence-electron chi connectivity index (χ3n) is 3.95. The number of rotatable bonds is 6. The lowest BCUT2D eigenvalue weighted by molar-refractivity contribution is 0.167. The summed E-state index contributed by atoms with van der Waals surface area (Å²) in [6.45, 7) is 6.05. The van der Waals surface area contributed by atoms with E-state index in [1.54, 1.807) is 0 Å².